The molecule has 0 saturated carbocycles. The summed E-state index contributed by atoms with van der Waals surface area (Å²) >= 11 is 0. The van der Waals surface area contributed by atoms with Gasteiger partial charge in [-0.25, -0.2) is 0 Å². The van der Waals surface area contributed by atoms with E-state index in [9.17, 15) is 0 Å². The Morgan fingerprint density at radius 1 is 1.42 bits per heavy atom. The van der Waals surface area contributed by atoms with Crippen molar-refractivity contribution in [2.75, 3.05) is 13.1 Å². The lowest BCUT2D eigenvalue weighted by Gasteiger charge is -2.37. The second kappa shape index (κ2) is 4.24. The Bertz CT molecular complexity index is 132. The maximum Gasteiger partial charge on any atom is 0.0139 e. The van der Waals surface area contributed by atoms with Crippen molar-refractivity contribution in [3.05, 3.63) is 0 Å². The van der Waals surface area contributed by atoms with Crippen molar-refractivity contribution in [2.24, 2.45) is 11.7 Å². The number of rotatable bonds is 2. The Labute approximate surface area is 76.1 Å². The summed E-state index contributed by atoms with van der Waals surface area (Å²) < 4.78 is 0. The molecule has 1 aliphatic heterocycles. The van der Waals surface area contributed by atoms with Crippen LogP contribution in [-0.2, 0) is 0 Å². The standard InChI is InChI=1S/C10H22N2/c1-8-4-5-10(3)12(6-8)7-9(2)11/h8-10H,4-7,11H2,1-3H3. The van der Waals surface area contributed by atoms with Crippen LogP contribution >= 0.6 is 0 Å². The zero-order valence-corrected chi connectivity index (χ0v) is 8.59. The molecule has 2 heteroatoms. The molecule has 0 spiro atoms. The molecule has 0 radical (unpaired) electrons. The molecular weight excluding hydrogens is 148 g/mol. The Balaban J connectivity index is 2.38. The highest BCUT2D eigenvalue weighted by molar-refractivity contribution is 4.78. The van der Waals surface area contributed by atoms with Gasteiger partial charge in [0.1, 0.15) is 0 Å². The van der Waals surface area contributed by atoms with E-state index in [4.69, 9.17) is 5.73 Å². The summed E-state index contributed by atoms with van der Waals surface area (Å²) in [5.74, 6) is 0.861. The summed E-state index contributed by atoms with van der Waals surface area (Å²) in [6.07, 6.45) is 2.73. The first-order valence-corrected chi connectivity index (χ1v) is 5.09. The van der Waals surface area contributed by atoms with Crippen LogP contribution in [-0.4, -0.2) is 30.1 Å². The van der Waals surface area contributed by atoms with E-state index in [1.165, 1.54) is 19.4 Å². The first-order chi connectivity index (χ1) is 5.59. The SMILES string of the molecule is CC(N)CN1CC(C)CCC1C. The molecule has 72 valence electrons. The van der Waals surface area contributed by atoms with Crippen LogP contribution in [0.3, 0.4) is 0 Å². The molecular formula is C10H22N2. The van der Waals surface area contributed by atoms with Crippen molar-refractivity contribution in [2.45, 2.75) is 45.7 Å². The van der Waals surface area contributed by atoms with Crippen molar-refractivity contribution < 1.29 is 0 Å². The number of hydrogen-bond donors (Lipinski definition) is 1. The van der Waals surface area contributed by atoms with Crippen molar-refractivity contribution in [1.82, 2.24) is 4.90 Å². The minimum Gasteiger partial charge on any atom is -0.327 e. The largest absolute Gasteiger partial charge is 0.327 e. The predicted molar refractivity (Wildman–Crippen MR) is 53.1 cm³/mol. The van der Waals surface area contributed by atoms with Gasteiger partial charge in [-0.2, -0.15) is 0 Å². The molecule has 0 amide bonds. The highest BCUT2D eigenvalue weighted by Gasteiger charge is 2.22. The van der Waals surface area contributed by atoms with Gasteiger partial charge in [0.05, 0.1) is 0 Å². The molecule has 12 heavy (non-hydrogen) atoms. The molecule has 3 atom stereocenters. The Morgan fingerprint density at radius 3 is 2.67 bits per heavy atom. The lowest BCUT2D eigenvalue weighted by atomic mass is 9.95. The smallest absolute Gasteiger partial charge is 0.0139 e. The van der Waals surface area contributed by atoms with Crippen LogP contribution in [0.5, 0.6) is 0 Å². The van der Waals surface area contributed by atoms with Gasteiger partial charge in [0.15, 0.2) is 0 Å². The number of hydrogen-bond acceptors (Lipinski definition) is 2. The van der Waals surface area contributed by atoms with Crippen LogP contribution in [0.4, 0.5) is 0 Å². The Hall–Kier alpha value is -0.0800. The number of piperidine rings is 1. The lowest BCUT2D eigenvalue weighted by molar-refractivity contribution is 0.119. The number of nitrogens with zero attached hydrogens (tertiary/aromatic N) is 1. The number of likely N-dealkylation sites (tertiary alicyclic amines) is 1. The summed E-state index contributed by atoms with van der Waals surface area (Å²) in [6.45, 7) is 9.04. The molecule has 0 bridgehead atoms. The number of nitrogens with two attached hydrogens (primary N) is 1. The van der Waals surface area contributed by atoms with Crippen LogP contribution in [0, 0.1) is 5.92 Å². The van der Waals surface area contributed by atoms with Crippen molar-refractivity contribution in [3.63, 3.8) is 0 Å². The molecule has 1 heterocycles. The Kier molecular flexibility index (Phi) is 3.53. The zero-order valence-electron chi connectivity index (χ0n) is 8.59. The fourth-order valence-electron chi connectivity index (χ4n) is 2.00. The van der Waals surface area contributed by atoms with E-state index in [0.29, 0.717) is 6.04 Å². The molecule has 0 aromatic carbocycles. The van der Waals surface area contributed by atoms with Crippen molar-refractivity contribution in [1.29, 1.82) is 0 Å². The van der Waals surface area contributed by atoms with Crippen LogP contribution in [0.15, 0.2) is 0 Å². The minimum absolute atomic E-state index is 0.317. The van der Waals surface area contributed by atoms with Gasteiger partial charge in [-0.1, -0.05) is 6.92 Å². The van der Waals surface area contributed by atoms with Crippen LogP contribution < -0.4 is 5.73 Å². The molecule has 1 saturated heterocycles. The van der Waals surface area contributed by atoms with Gasteiger partial charge in [0, 0.05) is 25.2 Å². The second-order valence-electron chi connectivity index (χ2n) is 4.46. The fourth-order valence-corrected chi connectivity index (χ4v) is 2.00. The minimum atomic E-state index is 0.317. The van der Waals surface area contributed by atoms with E-state index < -0.39 is 0 Å². The molecule has 1 aliphatic rings. The summed E-state index contributed by atoms with van der Waals surface area (Å²) in [7, 11) is 0. The van der Waals surface area contributed by atoms with Gasteiger partial charge in [0.25, 0.3) is 0 Å². The van der Waals surface area contributed by atoms with Crippen LogP contribution in [0.1, 0.15) is 33.6 Å². The molecule has 3 unspecified atom stereocenters. The third kappa shape index (κ3) is 2.76. The Morgan fingerprint density at radius 2 is 2.08 bits per heavy atom. The maximum atomic E-state index is 5.79. The van der Waals surface area contributed by atoms with Crippen molar-refractivity contribution >= 4 is 0 Å². The lowest BCUT2D eigenvalue weighted by Crippen LogP contribution is -2.46. The third-order valence-electron chi connectivity index (χ3n) is 2.77. The van der Waals surface area contributed by atoms with Gasteiger partial charge in [0.2, 0.25) is 0 Å². The van der Waals surface area contributed by atoms with Crippen LogP contribution in [0.2, 0.25) is 0 Å². The first-order valence-electron chi connectivity index (χ1n) is 5.09. The summed E-state index contributed by atoms with van der Waals surface area (Å²) in [5.41, 5.74) is 5.79. The topological polar surface area (TPSA) is 29.3 Å². The van der Waals surface area contributed by atoms with E-state index >= 15 is 0 Å². The summed E-state index contributed by atoms with van der Waals surface area (Å²) in [5, 5.41) is 0. The highest BCUT2D eigenvalue weighted by atomic mass is 15.2. The van der Waals surface area contributed by atoms with E-state index in [-0.39, 0.29) is 0 Å². The van der Waals surface area contributed by atoms with Gasteiger partial charge in [-0.15, -0.1) is 0 Å². The van der Waals surface area contributed by atoms with Crippen LogP contribution in [0.25, 0.3) is 0 Å². The molecule has 2 nitrogen and oxygen atoms in total. The van der Waals surface area contributed by atoms with E-state index in [0.717, 1.165) is 18.5 Å². The molecule has 0 aliphatic carbocycles. The van der Waals surface area contributed by atoms with Crippen molar-refractivity contribution in [3.8, 4) is 0 Å². The predicted octanol–water partition coefficient (Wildman–Crippen LogP) is 1.45. The molecule has 1 fully saturated rings. The summed E-state index contributed by atoms with van der Waals surface area (Å²) in [4.78, 5) is 2.53. The first kappa shape index (κ1) is 10.0. The van der Waals surface area contributed by atoms with Gasteiger partial charge in [-0.3, -0.25) is 4.90 Å². The van der Waals surface area contributed by atoms with E-state index in [1.54, 1.807) is 0 Å². The van der Waals surface area contributed by atoms with E-state index in [2.05, 4.69) is 25.7 Å². The fraction of sp³-hybridized carbons (Fsp3) is 1.00. The molecule has 2 N–H and O–H groups in total. The molecule has 0 aromatic rings. The second-order valence-corrected chi connectivity index (χ2v) is 4.46. The zero-order chi connectivity index (χ0) is 9.14. The van der Waals surface area contributed by atoms with E-state index in [1.807, 2.05) is 0 Å². The molecule has 1 rings (SSSR count). The van der Waals surface area contributed by atoms with Gasteiger partial charge >= 0.3 is 0 Å². The average Bonchev–Trinajstić information content (AvgIpc) is 1.96. The molecule has 0 aromatic heterocycles. The summed E-state index contributed by atoms with van der Waals surface area (Å²) in [6, 6.07) is 1.06. The highest BCUT2D eigenvalue weighted by Crippen LogP contribution is 2.20. The average molecular weight is 170 g/mol. The van der Waals surface area contributed by atoms with Gasteiger partial charge < -0.3 is 5.73 Å². The monoisotopic (exact) mass is 170 g/mol. The van der Waals surface area contributed by atoms with Gasteiger partial charge in [-0.05, 0) is 32.6 Å². The third-order valence-corrected chi connectivity index (χ3v) is 2.77. The normalized spacial score (nSPS) is 35.0. The maximum absolute atomic E-state index is 5.79. The quantitative estimate of drug-likeness (QED) is 0.679.